The molecule has 2 aliphatic rings. The van der Waals surface area contributed by atoms with Crippen LogP contribution in [-0.2, 0) is 6.54 Å². The van der Waals surface area contributed by atoms with Crippen LogP contribution in [0.4, 0.5) is 0 Å². The zero-order chi connectivity index (χ0) is 21.2. The van der Waals surface area contributed by atoms with E-state index in [-0.39, 0.29) is 11.5 Å². The monoisotopic (exact) mass is 472 g/mol. The number of hydrogen-bond acceptors (Lipinski definition) is 7. The molecule has 0 bridgehead atoms. The summed E-state index contributed by atoms with van der Waals surface area (Å²) in [6, 6.07) is 9.80. The summed E-state index contributed by atoms with van der Waals surface area (Å²) in [5.74, 6) is 2.54. The second-order valence-corrected chi connectivity index (χ2v) is 11.4. The molecule has 0 radical (unpaired) electrons. The van der Waals surface area contributed by atoms with E-state index in [1.54, 1.807) is 16.7 Å². The number of thioether (sulfide) groups is 2. The lowest BCUT2D eigenvalue weighted by molar-refractivity contribution is 0.0627. The maximum Gasteiger partial charge on any atom is 0.258 e. The van der Waals surface area contributed by atoms with Crippen molar-refractivity contribution in [3.05, 3.63) is 69.1 Å². The van der Waals surface area contributed by atoms with Gasteiger partial charge in [0.25, 0.3) is 11.5 Å². The van der Waals surface area contributed by atoms with E-state index in [0.29, 0.717) is 24.2 Å². The maximum atomic E-state index is 13.0. The average Bonchev–Trinajstić information content (AvgIpc) is 3.29. The molecule has 0 atom stereocenters. The van der Waals surface area contributed by atoms with Gasteiger partial charge in [0.1, 0.15) is 0 Å². The van der Waals surface area contributed by atoms with Gasteiger partial charge in [-0.25, -0.2) is 4.98 Å². The van der Waals surface area contributed by atoms with Gasteiger partial charge in [0.05, 0.1) is 10.3 Å². The van der Waals surface area contributed by atoms with Crippen LogP contribution in [-0.4, -0.2) is 62.8 Å². The Balaban J connectivity index is 1.18. The summed E-state index contributed by atoms with van der Waals surface area (Å²) < 4.78 is 2.07. The molecule has 0 unspecified atom stereocenters. The number of carbonyl (C=O) groups is 1. The first kappa shape index (κ1) is 21.1. The predicted octanol–water partition coefficient (Wildman–Crippen LogP) is 3.58. The fraction of sp³-hybridized carbons (Fsp3) is 0.409. The van der Waals surface area contributed by atoms with Crippen molar-refractivity contribution in [1.29, 1.82) is 0 Å². The van der Waals surface area contributed by atoms with Gasteiger partial charge < -0.3 is 4.90 Å². The molecular formula is C22H24N4O2S3. The molecule has 0 aliphatic carbocycles. The van der Waals surface area contributed by atoms with E-state index in [4.69, 9.17) is 0 Å². The van der Waals surface area contributed by atoms with Crippen molar-refractivity contribution in [2.24, 2.45) is 0 Å². The molecule has 6 nitrogen and oxygen atoms in total. The molecule has 2 saturated heterocycles. The Morgan fingerprint density at radius 1 is 1.06 bits per heavy atom. The summed E-state index contributed by atoms with van der Waals surface area (Å²) in [7, 11) is 0. The first-order chi connectivity index (χ1) is 15.2. The van der Waals surface area contributed by atoms with Crippen LogP contribution in [0.5, 0.6) is 0 Å². The Bertz CT molecular complexity index is 1110. The number of carbonyl (C=O) groups excluding carboxylic acids is 1. The number of amides is 1. The van der Waals surface area contributed by atoms with Crippen LogP contribution >= 0.6 is 34.9 Å². The average molecular weight is 473 g/mol. The van der Waals surface area contributed by atoms with Crippen molar-refractivity contribution >= 4 is 45.7 Å². The highest BCUT2D eigenvalue weighted by molar-refractivity contribution is 8.16. The van der Waals surface area contributed by atoms with Gasteiger partial charge in [0.2, 0.25) is 0 Å². The summed E-state index contributed by atoms with van der Waals surface area (Å²) >= 11 is 5.46. The molecule has 2 aromatic heterocycles. The van der Waals surface area contributed by atoms with E-state index in [1.165, 1.54) is 34.8 Å². The minimum Gasteiger partial charge on any atom is -0.336 e. The molecule has 2 fully saturated rings. The summed E-state index contributed by atoms with van der Waals surface area (Å²) in [5, 5.41) is 1.87. The van der Waals surface area contributed by atoms with Crippen molar-refractivity contribution in [1.82, 2.24) is 19.2 Å². The summed E-state index contributed by atoms with van der Waals surface area (Å²) in [6.45, 7) is 3.58. The molecule has 0 N–H and O–H groups in total. The molecule has 5 rings (SSSR count). The number of rotatable bonds is 4. The third kappa shape index (κ3) is 4.69. The Kier molecular flexibility index (Phi) is 6.36. The predicted molar refractivity (Wildman–Crippen MR) is 129 cm³/mol. The van der Waals surface area contributed by atoms with Crippen LogP contribution in [0.2, 0.25) is 0 Å². The third-order valence-corrected chi connectivity index (χ3v) is 9.43. The SMILES string of the molecule is O=C(c1ccc(C2SCCCS2)cc1)N1CCN(Cc2cc(=O)n3ccsc3n2)CC1. The van der Waals surface area contributed by atoms with Crippen LogP contribution in [0, 0.1) is 0 Å². The van der Waals surface area contributed by atoms with Gasteiger partial charge in [0, 0.05) is 55.9 Å². The minimum atomic E-state index is -0.0384. The molecule has 9 heteroatoms. The second kappa shape index (κ2) is 9.36. The van der Waals surface area contributed by atoms with E-state index >= 15 is 0 Å². The Morgan fingerprint density at radius 3 is 2.55 bits per heavy atom. The zero-order valence-corrected chi connectivity index (χ0v) is 19.6. The molecule has 1 amide bonds. The van der Waals surface area contributed by atoms with Gasteiger partial charge >= 0.3 is 0 Å². The number of benzene rings is 1. The van der Waals surface area contributed by atoms with Crippen LogP contribution in [0.3, 0.4) is 0 Å². The smallest absolute Gasteiger partial charge is 0.258 e. The van der Waals surface area contributed by atoms with Gasteiger partial charge in [-0.05, 0) is 35.6 Å². The zero-order valence-electron chi connectivity index (χ0n) is 17.1. The summed E-state index contributed by atoms with van der Waals surface area (Å²) in [5.41, 5.74) is 2.83. The first-order valence-electron chi connectivity index (χ1n) is 10.5. The fourth-order valence-electron chi connectivity index (χ4n) is 3.95. The van der Waals surface area contributed by atoms with Crippen molar-refractivity contribution in [3.8, 4) is 0 Å². The minimum absolute atomic E-state index is 0.0384. The number of hydrogen-bond donors (Lipinski definition) is 0. The highest BCUT2D eigenvalue weighted by atomic mass is 32.2. The molecule has 0 saturated carbocycles. The van der Waals surface area contributed by atoms with Crippen molar-refractivity contribution in [3.63, 3.8) is 0 Å². The topological polar surface area (TPSA) is 57.9 Å². The Labute approximate surface area is 193 Å². The highest BCUT2D eigenvalue weighted by Crippen LogP contribution is 2.43. The number of nitrogens with zero attached hydrogens (tertiary/aromatic N) is 4. The number of aromatic nitrogens is 2. The fourth-order valence-corrected chi connectivity index (χ4v) is 7.59. The number of thiazole rings is 1. The number of fused-ring (bicyclic) bond motifs is 1. The molecule has 0 spiro atoms. The van der Waals surface area contributed by atoms with Crippen LogP contribution < -0.4 is 5.56 Å². The van der Waals surface area contributed by atoms with Gasteiger partial charge in [-0.3, -0.25) is 18.9 Å². The highest BCUT2D eigenvalue weighted by Gasteiger charge is 2.23. The standard InChI is InChI=1S/C22H24N4O2S3/c27-19-14-18(23-22-26(19)10-13-31-22)15-24-6-8-25(9-7-24)20(28)16-2-4-17(5-3-16)21-29-11-1-12-30-21/h2-5,10,13-14,21H,1,6-9,11-12,15H2. The van der Waals surface area contributed by atoms with E-state index in [9.17, 15) is 9.59 Å². The van der Waals surface area contributed by atoms with Crippen LogP contribution in [0.15, 0.2) is 46.7 Å². The molecule has 3 aromatic rings. The van der Waals surface area contributed by atoms with E-state index in [0.717, 1.165) is 29.3 Å². The number of piperazine rings is 1. The largest absolute Gasteiger partial charge is 0.336 e. The van der Waals surface area contributed by atoms with E-state index in [2.05, 4.69) is 22.0 Å². The molecular weight excluding hydrogens is 448 g/mol. The lowest BCUT2D eigenvalue weighted by Gasteiger charge is -2.34. The molecule has 162 valence electrons. The van der Waals surface area contributed by atoms with Crippen LogP contribution in [0.1, 0.15) is 32.6 Å². The van der Waals surface area contributed by atoms with Crippen LogP contribution in [0.25, 0.3) is 4.96 Å². The van der Waals surface area contributed by atoms with E-state index < -0.39 is 0 Å². The van der Waals surface area contributed by atoms with Gasteiger partial charge in [-0.15, -0.1) is 34.9 Å². The normalized spacial score (nSPS) is 18.5. The van der Waals surface area contributed by atoms with Crippen molar-refractivity contribution in [2.75, 3.05) is 37.7 Å². The molecule has 4 heterocycles. The summed E-state index contributed by atoms with van der Waals surface area (Å²) in [4.78, 5) is 34.6. The second-order valence-electron chi connectivity index (χ2n) is 7.76. The first-order valence-corrected chi connectivity index (χ1v) is 13.5. The summed E-state index contributed by atoms with van der Waals surface area (Å²) in [6.07, 6.45) is 3.03. The lowest BCUT2D eigenvalue weighted by Crippen LogP contribution is -2.48. The molecule has 1 aromatic carbocycles. The van der Waals surface area contributed by atoms with Gasteiger partial charge in [0.15, 0.2) is 4.96 Å². The maximum absolute atomic E-state index is 13.0. The van der Waals surface area contributed by atoms with Crippen molar-refractivity contribution in [2.45, 2.75) is 17.5 Å². The Hall–Kier alpha value is -1.81. The molecule has 31 heavy (non-hydrogen) atoms. The lowest BCUT2D eigenvalue weighted by atomic mass is 10.1. The van der Waals surface area contributed by atoms with Gasteiger partial charge in [-0.1, -0.05) is 12.1 Å². The molecule has 2 aliphatic heterocycles. The third-order valence-electron chi connectivity index (χ3n) is 5.66. The van der Waals surface area contributed by atoms with Gasteiger partial charge in [-0.2, -0.15) is 0 Å². The van der Waals surface area contributed by atoms with E-state index in [1.807, 2.05) is 45.9 Å². The Morgan fingerprint density at radius 2 is 1.81 bits per heavy atom. The van der Waals surface area contributed by atoms with Crippen molar-refractivity contribution < 1.29 is 4.79 Å². The quantitative estimate of drug-likeness (QED) is 0.579.